The largest absolute Gasteiger partial charge is 0.390 e. The van der Waals surface area contributed by atoms with E-state index in [1.807, 2.05) is 18.2 Å². The summed E-state index contributed by atoms with van der Waals surface area (Å²) < 4.78 is 2.07. The van der Waals surface area contributed by atoms with Crippen LogP contribution < -0.4 is 0 Å². The van der Waals surface area contributed by atoms with Crippen LogP contribution >= 0.6 is 11.8 Å². The van der Waals surface area contributed by atoms with Gasteiger partial charge in [0.25, 0.3) is 0 Å². The number of nitrogens with zero attached hydrogens (tertiary/aromatic N) is 4. The lowest BCUT2D eigenvalue weighted by atomic mass is 10.0. The monoisotopic (exact) mass is 368 g/mol. The molecule has 26 heavy (non-hydrogen) atoms. The van der Waals surface area contributed by atoms with Gasteiger partial charge in [0.1, 0.15) is 0 Å². The molecule has 0 aliphatic rings. The summed E-state index contributed by atoms with van der Waals surface area (Å²) in [6.07, 6.45) is 3.54. The Morgan fingerprint density at radius 3 is 2.54 bits per heavy atom. The molecule has 5 nitrogen and oxygen atoms in total. The Labute approximate surface area is 158 Å². The van der Waals surface area contributed by atoms with Gasteiger partial charge in [0.2, 0.25) is 0 Å². The minimum Gasteiger partial charge on any atom is -0.390 e. The van der Waals surface area contributed by atoms with E-state index < -0.39 is 5.60 Å². The lowest BCUT2D eigenvalue weighted by Gasteiger charge is -2.19. The van der Waals surface area contributed by atoms with E-state index in [1.54, 1.807) is 26.2 Å². The molecular weight excluding hydrogens is 344 g/mol. The van der Waals surface area contributed by atoms with Crippen molar-refractivity contribution >= 4 is 11.8 Å². The third-order valence-corrected chi connectivity index (χ3v) is 5.28. The van der Waals surface area contributed by atoms with Crippen LogP contribution in [0, 0.1) is 0 Å². The summed E-state index contributed by atoms with van der Waals surface area (Å²) in [5, 5.41) is 19.7. The standard InChI is InChI=1S/C20H24N4OS/c1-14(2)16-9-5-6-10-17(16)24-18(15-8-7-11-21-12-15)22-23-19(24)26-13-20(3,4)25/h5-12,14,25H,13H2,1-4H3. The number of hydrogen-bond donors (Lipinski definition) is 1. The zero-order valence-corrected chi connectivity index (χ0v) is 16.4. The van der Waals surface area contributed by atoms with Crippen molar-refractivity contribution in [2.45, 2.75) is 44.4 Å². The summed E-state index contributed by atoms with van der Waals surface area (Å²) in [7, 11) is 0. The van der Waals surface area contributed by atoms with Gasteiger partial charge < -0.3 is 5.11 Å². The van der Waals surface area contributed by atoms with Gasteiger partial charge in [0, 0.05) is 23.7 Å². The number of para-hydroxylation sites is 1. The molecule has 3 rings (SSSR count). The molecule has 0 saturated heterocycles. The highest BCUT2D eigenvalue weighted by Crippen LogP contribution is 2.32. The van der Waals surface area contributed by atoms with E-state index in [9.17, 15) is 5.11 Å². The Hall–Kier alpha value is -2.18. The van der Waals surface area contributed by atoms with Gasteiger partial charge in [-0.15, -0.1) is 10.2 Å². The van der Waals surface area contributed by atoms with E-state index in [-0.39, 0.29) is 0 Å². The number of rotatable bonds is 6. The van der Waals surface area contributed by atoms with Crippen molar-refractivity contribution in [2.75, 3.05) is 5.75 Å². The van der Waals surface area contributed by atoms with Crippen molar-refractivity contribution in [1.82, 2.24) is 19.7 Å². The molecular formula is C20H24N4OS. The van der Waals surface area contributed by atoms with Crippen molar-refractivity contribution in [2.24, 2.45) is 0 Å². The minimum atomic E-state index is -0.784. The summed E-state index contributed by atoms with van der Waals surface area (Å²) in [4.78, 5) is 4.22. The molecule has 3 aromatic rings. The summed E-state index contributed by atoms with van der Waals surface area (Å²) in [6, 6.07) is 12.2. The van der Waals surface area contributed by atoms with Crippen molar-refractivity contribution in [3.63, 3.8) is 0 Å². The third kappa shape index (κ3) is 4.14. The van der Waals surface area contributed by atoms with Crippen LogP contribution in [0.25, 0.3) is 17.1 Å². The van der Waals surface area contributed by atoms with Gasteiger partial charge in [-0.3, -0.25) is 9.55 Å². The fourth-order valence-corrected chi connectivity index (χ4v) is 3.58. The Morgan fingerprint density at radius 1 is 1.12 bits per heavy atom. The predicted molar refractivity (Wildman–Crippen MR) is 106 cm³/mol. The van der Waals surface area contributed by atoms with E-state index in [0.717, 1.165) is 22.2 Å². The van der Waals surface area contributed by atoms with Crippen LogP contribution in [-0.4, -0.2) is 36.2 Å². The first-order valence-electron chi connectivity index (χ1n) is 8.67. The second kappa shape index (κ2) is 7.60. The van der Waals surface area contributed by atoms with Crippen molar-refractivity contribution in [3.8, 4) is 17.1 Å². The SMILES string of the molecule is CC(C)c1ccccc1-n1c(SCC(C)(C)O)nnc1-c1cccnc1. The van der Waals surface area contributed by atoms with Gasteiger partial charge in [-0.2, -0.15) is 0 Å². The van der Waals surface area contributed by atoms with Crippen LogP contribution in [0.15, 0.2) is 53.9 Å². The highest BCUT2D eigenvalue weighted by molar-refractivity contribution is 7.99. The molecule has 0 aliphatic heterocycles. The summed E-state index contributed by atoms with van der Waals surface area (Å²) >= 11 is 1.50. The topological polar surface area (TPSA) is 63.8 Å². The first kappa shape index (κ1) is 18.6. The third-order valence-electron chi connectivity index (χ3n) is 3.91. The molecule has 2 heterocycles. The smallest absolute Gasteiger partial charge is 0.196 e. The zero-order valence-electron chi connectivity index (χ0n) is 15.5. The molecule has 0 saturated carbocycles. The van der Waals surface area contributed by atoms with Gasteiger partial charge in [-0.25, -0.2) is 0 Å². The highest BCUT2D eigenvalue weighted by atomic mass is 32.2. The number of aliphatic hydroxyl groups is 1. The van der Waals surface area contributed by atoms with E-state index >= 15 is 0 Å². The van der Waals surface area contributed by atoms with Crippen LogP contribution in [0.5, 0.6) is 0 Å². The normalized spacial score (nSPS) is 11.9. The maximum Gasteiger partial charge on any atom is 0.196 e. The van der Waals surface area contributed by atoms with Crippen molar-refractivity contribution in [1.29, 1.82) is 0 Å². The van der Waals surface area contributed by atoms with E-state index in [1.165, 1.54) is 17.3 Å². The van der Waals surface area contributed by atoms with Gasteiger partial charge in [-0.05, 0) is 43.5 Å². The maximum atomic E-state index is 10.1. The molecule has 6 heteroatoms. The molecule has 0 amide bonds. The number of aromatic nitrogens is 4. The van der Waals surface area contributed by atoms with Crippen LogP contribution in [0.2, 0.25) is 0 Å². The number of hydrogen-bond acceptors (Lipinski definition) is 5. The highest BCUT2D eigenvalue weighted by Gasteiger charge is 2.22. The lowest BCUT2D eigenvalue weighted by molar-refractivity contribution is 0.107. The van der Waals surface area contributed by atoms with Gasteiger partial charge in [0.05, 0.1) is 11.3 Å². The van der Waals surface area contributed by atoms with Gasteiger partial charge >= 0.3 is 0 Å². The molecule has 0 unspecified atom stereocenters. The molecule has 1 aromatic carbocycles. The molecule has 0 radical (unpaired) electrons. The Morgan fingerprint density at radius 2 is 1.88 bits per heavy atom. The second-order valence-corrected chi connectivity index (χ2v) is 8.14. The molecule has 1 N–H and O–H groups in total. The number of thioether (sulfide) groups is 1. The Bertz CT molecular complexity index is 869. The maximum absolute atomic E-state index is 10.1. The summed E-state index contributed by atoms with van der Waals surface area (Å²) in [5.41, 5.74) is 2.41. The molecule has 2 aromatic heterocycles. The van der Waals surface area contributed by atoms with Crippen LogP contribution in [0.3, 0.4) is 0 Å². The molecule has 0 spiro atoms. The van der Waals surface area contributed by atoms with E-state index in [2.05, 4.69) is 51.8 Å². The first-order valence-corrected chi connectivity index (χ1v) is 9.65. The van der Waals surface area contributed by atoms with Crippen molar-refractivity contribution < 1.29 is 5.11 Å². The molecule has 136 valence electrons. The first-order chi connectivity index (χ1) is 12.4. The second-order valence-electron chi connectivity index (χ2n) is 7.20. The molecule has 0 atom stereocenters. The molecule has 0 bridgehead atoms. The Kier molecular flexibility index (Phi) is 5.44. The average molecular weight is 369 g/mol. The van der Waals surface area contributed by atoms with Crippen LogP contribution in [0.4, 0.5) is 0 Å². The summed E-state index contributed by atoms with van der Waals surface area (Å²) in [5.74, 6) is 1.65. The molecule has 0 fully saturated rings. The predicted octanol–water partition coefficient (Wildman–Crippen LogP) is 4.32. The van der Waals surface area contributed by atoms with Crippen molar-refractivity contribution in [3.05, 3.63) is 54.4 Å². The fourth-order valence-electron chi connectivity index (χ4n) is 2.68. The van der Waals surface area contributed by atoms with Crippen LogP contribution in [0.1, 0.15) is 39.2 Å². The zero-order chi connectivity index (χ0) is 18.7. The van der Waals surface area contributed by atoms with E-state index in [0.29, 0.717) is 11.7 Å². The lowest BCUT2D eigenvalue weighted by Crippen LogP contribution is -2.22. The van der Waals surface area contributed by atoms with Gasteiger partial charge in [-0.1, -0.05) is 43.8 Å². The quantitative estimate of drug-likeness (QED) is 0.657. The Balaban J connectivity index is 2.16. The average Bonchev–Trinajstić information content (AvgIpc) is 3.04. The van der Waals surface area contributed by atoms with Gasteiger partial charge in [0.15, 0.2) is 11.0 Å². The van der Waals surface area contributed by atoms with Crippen LogP contribution in [-0.2, 0) is 0 Å². The molecule has 0 aliphatic carbocycles. The number of benzene rings is 1. The summed E-state index contributed by atoms with van der Waals surface area (Å²) in [6.45, 7) is 7.95. The number of pyridine rings is 1. The minimum absolute atomic E-state index is 0.363. The van der Waals surface area contributed by atoms with E-state index in [4.69, 9.17) is 0 Å². The fraction of sp³-hybridized carbons (Fsp3) is 0.350.